The molecule has 0 bridgehead atoms. The molecule has 0 atom stereocenters. The number of hydrogen-bond donors (Lipinski definition) is 1. The number of aryl methyl sites for hydroxylation is 4. The van der Waals surface area contributed by atoms with Gasteiger partial charge >= 0.3 is 5.97 Å². The minimum Gasteiger partial charge on any atom is -0.450 e. The average Bonchev–Trinajstić information content (AvgIpc) is 3.23. The van der Waals surface area contributed by atoms with Gasteiger partial charge < -0.3 is 4.74 Å². The fourth-order valence-corrected chi connectivity index (χ4v) is 4.09. The van der Waals surface area contributed by atoms with E-state index < -0.39 is 18.5 Å². The van der Waals surface area contributed by atoms with Gasteiger partial charge in [0.15, 0.2) is 11.7 Å². The summed E-state index contributed by atoms with van der Waals surface area (Å²) in [4.78, 5) is 37.1. The van der Waals surface area contributed by atoms with Crippen LogP contribution in [0.15, 0.2) is 18.2 Å². The Hall–Kier alpha value is -3.40. The molecular weight excluding hydrogens is 392 g/mol. The Bertz CT molecular complexity index is 1280. The van der Waals surface area contributed by atoms with Gasteiger partial charge in [-0.3, -0.25) is 10.1 Å². The molecule has 0 fully saturated rings. The highest BCUT2D eigenvalue weighted by molar-refractivity contribution is 7.22. The molecule has 0 saturated heterocycles. The van der Waals surface area contributed by atoms with E-state index in [0.29, 0.717) is 10.9 Å². The van der Waals surface area contributed by atoms with E-state index in [1.807, 2.05) is 45.9 Å². The number of amides is 1. The summed E-state index contributed by atoms with van der Waals surface area (Å²) in [6.45, 7) is 7.18. The number of aromatic nitrogens is 5. The van der Waals surface area contributed by atoms with Crippen LogP contribution in [0.2, 0.25) is 0 Å². The number of carbonyl (C=O) groups excluding carboxylic acids is 2. The number of hydrogen-bond acceptors (Lipinski definition) is 8. The lowest BCUT2D eigenvalue weighted by Gasteiger charge is -2.02. The third-order valence-corrected chi connectivity index (χ3v) is 5.13. The van der Waals surface area contributed by atoms with Crippen LogP contribution in [-0.2, 0) is 9.53 Å². The monoisotopic (exact) mass is 410 g/mol. The van der Waals surface area contributed by atoms with Gasteiger partial charge in [0.1, 0.15) is 0 Å². The Kier molecular flexibility index (Phi) is 4.71. The number of esters is 1. The highest BCUT2D eigenvalue weighted by atomic mass is 32.1. The second-order valence-corrected chi connectivity index (χ2v) is 7.79. The maximum Gasteiger partial charge on any atom is 0.378 e. The fourth-order valence-electron chi connectivity index (χ4n) is 3.03. The van der Waals surface area contributed by atoms with Crippen LogP contribution in [0.5, 0.6) is 0 Å². The van der Waals surface area contributed by atoms with E-state index >= 15 is 0 Å². The number of carbonyl (C=O) groups is 2. The topological polar surface area (TPSA) is 111 Å². The van der Waals surface area contributed by atoms with E-state index in [1.54, 1.807) is 0 Å². The minimum atomic E-state index is -0.793. The van der Waals surface area contributed by atoms with Crippen molar-refractivity contribution in [1.29, 1.82) is 0 Å². The quantitative estimate of drug-likeness (QED) is 0.515. The molecular formula is C19H18N6O3S. The third kappa shape index (κ3) is 3.79. The predicted molar refractivity (Wildman–Crippen MR) is 108 cm³/mol. The number of anilines is 1. The smallest absolute Gasteiger partial charge is 0.378 e. The lowest BCUT2D eigenvalue weighted by atomic mass is 10.1. The standard InChI is InChI=1S/C19H18N6O3S/c1-9-5-10(2)15-13(6-9)29-19(22-15)21-14(26)8-28-17(27)16-23-18-20-11(3)7-12(4)25(18)24-16/h5-7H,8H2,1-4H3,(H,21,22,26). The summed E-state index contributed by atoms with van der Waals surface area (Å²) >= 11 is 1.37. The third-order valence-electron chi connectivity index (χ3n) is 4.21. The molecule has 148 valence electrons. The van der Waals surface area contributed by atoms with E-state index in [9.17, 15) is 9.59 Å². The zero-order valence-corrected chi connectivity index (χ0v) is 17.1. The highest BCUT2D eigenvalue weighted by Crippen LogP contribution is 2.29. The molecule has 1 N–H and O–H groups in total. The number of rotatable bonds is 4. The molecule has 0 aliphatic heterocycles. The lowest BCUT2D eigenvalue weighted by Crippen LogP contribution is -2.21. The number of benzene rings is 1. The van der Waals surface area contributed by atoms with Crippen LogP contribution in [0.4, 0.5) is 5.13 Å². The normalized spacial score (nSPS) is 11.2. The molecule has 3 aromatic heterocycles. The maximum absolute atomic E-state index is 12.2. The second-order valence-electron chi connectivity index (χ2n) is 6.76. The van der Waals surface area contributed by atoms with E-state index in [1.165, 1.54) is 15.9 Å². The molecule has 0 radical (unpaired) electrons. The lowest BCUT2D eigenvalue weighted by molar-refractivity contribution is -0.119. The molecule has 1 aromatic carbocycles. The summed E-state index contributed by atoms with van der Waals surface area (Å²) in [6, 6.07) is 5.88. The molecule has 0 aliphatic carbocycles. The molecule has 4 rings (SSSR count). The molecule has 29 heavy (non-hydrogen) atoms. The first kappa shape index (κ1) is 18.9. The first-order chi connectivity index (χ1) is 13.8. The van der Waals surface area contributed by atoms with Gasteiger partial charge in [-0.1, -0.05) is 17.4 Å². The molecule has 4 aromatic rings. The van der Waals surface area contributed by atoms with Crippen molar-refractivity contribution < 1.29 is 14.3 Å². The van der Waals surface area contributed by atoms with Gasteiger partial charge in [-0.25, -0.2) is 19.3 Å². The predicted octanol–water partition coefficient (Wildman–Crippen LogP) is 2.76. The summed E-state index contributed by atoms with van der Waals surface area (Å²) in [5.41, 5.74) is 4.58. The molecule has 0 saturated carbocycles. The van der Waals surface area contributed by atoms with Crippen LogP contribution in [0.25, 0.3) is 16.0 Å². The number of nitrogens with zero attached hydrogens (tertiary/aromatic N) is 5. The zero-order chi connectivity index (χ0) is 20.7. The highest BCUT2D eigenvalue weighted by Gasteiger charge is 2.18. The van der Waals surface area contributed by atoms with Crippen LogP contribution in [0.1, 0.15) is 33.1 Å². The van der Waals surface area contributed by atoms with Crippen LogP contribution in [-0.4, -0.2) is 43.0 Å². The van der Waals surface area contributed by atoms with E-state index in [2.05, 4.69) is 25.4 Å². The maximum atomic E-state index is 12.2. The van der Waals surface area contributed by atoms with Crippen molar-refractivity contribution in [3.05, 3.63) is 46.5 Å². The number of thiazole rings is 1. The summed E-state index contributed by atoms with van der Waals surface area (Å²) in [5.74, 6) is -1.12. The van der Waals surface area contributed by atoms with E-state index in [0.717, 1.165) is 32.7 Å². The summed E-state index contributed by atoms with van der Waals surface area (Å²) < 4.78 is 7.48. The number of fused-ring (bicyclic) bond motifs is 2. The SMILES string of the molecule is Cc1cc(C)c2nc(NC(=O)COC(=O)c3nc4nc(C)cc(C)n4n3)sc2c1. The molecule has 3 heterocycles. The van der Waals surface area contributed by atoms with Crippen LogP contribution in [0.3, 0.4) is 0 Å². The van der Waals surface area contributed by atoms with E-state index in [-0.39, 0.29) is 5.82 Å². The largest absolute Gasteiger partial charge is 0.450 e. The Morgan fingerprint density at radius 1 is 1.10 bits per heavy atom. The summed E-state index contributed by atoms with van der Waals surface area (Å²) in [5, 5.41) is 7.20. The van der Waals surface area contributed by atoms with Crippen LogP contribution >= 0.6 is 11.3 Å². The van der Waals surface area contributed by atoms with Gasteiger partial charge in [0, 0.05) is 11.4 Å². The van der Waals surface area contributed by atoms with Gasteiger partial charge in [-0.15, -0.1) is 5.10 Å². The Morgan fingerprint density at radius 2 is 1.90 bits per heavy atom. The minimum absolute atomic E-state index is 0.148. The summed E-state index contributed by atoms with van der Waals surface area (Å²) in [6.07, 6.45) is 0. The van der Waals surface area contributed by atoms with Gasteiger partial charge in [-0.05, 0) is 51.0 Å². The van der Waals surface area contributed by atoms with Crippen LogP contribution < -0.4 is 5.32 Å². The van der Waals surface area contributed by atoms with Crippen molar-refractivity contribution in [1.82, 2.24) is 24.6 Å². The van der Waals surface area contributed by atoms with Crippen molar-refractivity contribution in [3.63, 3.8) is 0 Å². The molecule has 0 aliphatic rings. The van der Waals surface area contributed by atoms with Gasteiger partial charge in [0.05, 0.1) is 10.2 Å². The first-order valence-electron chi connectivity index (χ1n) is 8.86. The second kappa shape index (κ2) is 7.21. The molecule has 9 nitrogen and oxygen atoms in total. The Morgan fingerprint density at radius 3 is 2.69 bits per heavy atom. The van der Waals surface area contributed by atoms with Crippen molar-refractivity contribution >= 4 is 44.3 Å². The van der Waals surface area contributed by atoms with Crippen molar-refractivity contribution in [2.24, 2.45) is 0 Å². The van der Waals surface area contributed by atoms with E-state index in [4.69, 9.17) is 4.74 Å². The van der Waals surface area contributed by atoms with Crippen LogP contribution in [0, 0.1) is 27.7 Å². The zero-order valence-electron chi connectivity index (χ0n) is 16.3. The summed E-state index contributed by atoms with van der Waals surface area (Å²) in [7, 11) is 0. The average molecular weight is 410 g/mol. The molecule has 10 heteroatoms. The molecule has 0 unspecified atom stereocenters. The van der Waals surface area contributed by atoms with Crippen molar-refractivity contribution in [3.8, 4) is 0 Å². The fraction of sp³-hybridized carbons (Fsp3) is 0.263. The Balaban J connectivity index is 1.42. The first-order valence-corrected chi connectivity index (χ1v) is 9.67. The Labute approximate surface area is 169 Å². The van der Waals surface area contributed by atoms with Gasteiger partial charge in [0.2, 0.25) is 0 Å². The molecule has 0 spiro atoms. The van der Waals surface area contributed by atoms with Crippen molar-refractivity contribution in [2.45, 2.75) is 27.7 Å². The number of ether oxygens (including phenoxy) is 1. The molecule has 1 amide bonds. The van der Waals surface area contributed by atoms with Crippen molar-refractivity contribution in [2.75, 3.05) is 11.9 Å². The van der Waals surface area contributed by atoms with Gasteiger partial charge in [-0.2, -0.15) is 4.98 Å². The van der Waals surface area contributed by atoms with Gasteiger partial charge in [0.25, 0.3) is 17.5 Å². The number of nitrogens with one attached hydrogen (secondary N) is 1.